The topological polar surface area (TPSA) is 206 Å². The summed E-state index contributed by atoms with van der Waals surface area (Å²) in [6.45, 7) is 0.0176. The fraction of sp³-hybridized carbons (Fsp3) is 0.786. The van der Waals surface area contributed by atoms with Gasteiger partial charge in [0.15, 0.2) is 5.72 Å². The van der Waals surface area contributed by atoms with E-state index in [9.17, 15) is 34.8 Å². The van der Waals surface area contributed by atoms with E-state index in [-0.39, 0.29) is 6.42 Å². The molecule has 0 aromatic carbocycles. The van der Waals surface area contributed by atoms with Gasteiger partial charge in [-0.15, -0.1) is 0 Å². The van der Waals surface area contributed by atoms with E-state index in [1.165, 1.54) is 6.92 Å². The maximum absolute atomic E-state index is 12.2. The summed E-state index contributed by atoms with van der Waals surface area (Å²) in [4.78, 5) is 33.8. The van der Waals surface area contributed by atoms with E-state index in [0.717, 1.165) is 0 Å². The van der Waals surface area contributed by atoms with Crippen molar-refractivity contribution in [3.8, 4) is 0 Å². The van der Waals surface area contributed by atoms with E-state index in [1.54, 1.807) is 0 Å². The molecule has 0 radical (unpaired) electrons. The standard InChI is InChI=1S/C14H24N2O10/c1-6(12(23)15-7(13(24)25)2-3-9(19)20)16-14(5-17)11(22)10(21)8(18)4-26-14/h6-8,10-11,16-18,21-22H,2-5H2,1H3,(H,15,23)(H,19,20)(H,24,25)/t6-,7-,8+,10+,11-,14+/m0/s1. The largest absolute Gasteiger partial charge is 0.481 e. The highest BCUT2D eigenvalue weighted by atomic mass is 16.6. The zero-order chi connectivity index (χ0) is 20.1. The number of carboxylic acid groups (broad SMARTS) is 2. The Morgan fingerprint density at radius 2 is 1.85 bits per heavy atom. The van der Waals surface area contributed by atoms with Crippen LogP contribution in [0.15, 0.2) is 0 Å². The molecule has 1 heterocycles. The van der Waals surface area contributed by atoms with Crippen molar-refractivity contribution >= 4 is 17.8 Å². The average molecular weight is 380 g/mol. The highest BCUT2D eigenvalue weighted by Gasteiger charge is 2.50. The monoisotopic (exact) mass is 380 g/mol. The molecule has 150 valence electrons. The number of carbonyl (C=O) groups is 3. The molecule has 6 atom stereocenters. The molecule has 0 saturated carbocycles. The first-order valence-corrected chi connectivity index (χ1v) is 7.85. The van der Waals surface area contributed by atoms with E-state index in [2.05, 4.69) is 10.6 Å². The molecule has 0 aromatic rings. The van der Waals surface area contributed by atoms with Gasteiger partial charge in [-0.05, 0) is 13.3 Å². The van der Waals surface area contributed by atoms with Crippen molar-refractivity contribution < 1.29 is 49.8 Å². The van der Waals surface area contributed by atoms with Crippen molar-refractivity contribution in [2.45, 2.75) is 55.9 Å². The molecule has 0 spiro atoms. The predicted molar refractivity (Wildman–Crippen MR) is 82.8 cm³/mol. The van der Waals surface area contributed by atoms with Gasteiger partial charge in [-0.2, -0.15) is 0 Å². The molecule has 1 rings (SSSR count). The van der Waals surface area contributed by atoms with Crippen LogP contribution >= 0.6 is 0 Å². The summed E-state index contributed by atoms with van der Waals surface area (Å²) in [6, 6.07) is -2.64. The first kappa shape index (κ1) is 22.2. The Hall–Kier alpha value is -1.83. The van der Waals surface area contributed by atoms with E-state index in [1.807, 2.05) is 0 Å². The number of hydrogen-bond donors (Lipinski definition) is 8. The van der Waals surface area contributed by atoms with Gasteiger partial charge >= 0.3 is 11.9 Å². The van der Waals surface area contributed by atoms with Gasteiger partial charge in [-0.25, -0.2) is 4.79 Å². The molecule has 0 aromatic heterocycles. The van der Waals surface area contributed by atoms with Crippen LogP contribution in [0.4, 0.5) is 0 Å². The Bertz CT molecular complexity index is 530. The van der Waals surface area contributed by atoms with Crippen LogP contribution in [0.2, 0.25) is 0 Å². The van der Waals surface area contributed by atoms with Crippen molar-refractivity contribution in [3.63, 3.8) is 0 Å². The van der Waals surface area contributed by atoms with Gasteiger partial charge in [-0.3, -0.25) is 14.9 Å². The Kier molecular flexibility index (Phi) is 7.87. The number of aliphatic hydroxyl groups excluding tert-OH is 4. The van der Waals surface area contributed by atoms with Crippen molar-refractivity contribution in [2.24, 2.45) is 0 Å². The lowest BCUT2D eigenvalue weighted by molar-refractivity contribution is -0.260. The minimum Gasteiger partial charge on any atom is -0.481 e. The number of amides is 1. The number of rotatable bonds is 9. The average Bonchev–Trinajstić information content (AvgIpc) is 2.58. The highest BCUT2D eigenvalue weighted by molar-refractivity contribution is 5.87. The molecule has 1 aliphatic rings. The van der Waals surface area contributed by atoms with Gasteiger partial charge in [-0.1, -0.05) is 0 Å². The fourth-order valence-electron chi connectivity index (χ4n) is 2.47. The minimum atomic E-state index is -1.95. The van der Waals surface area contributed by atoms with Crippen LogP contribution < -0.4 is 10.6 Å². The van der Waals surface area contributed by atoms with Gasteiger partial charge in [0.2, 0.25) is 5.91 Å². The molecule has 8 N–H and O–H groups in total. The van der Waals surface area contributed by atoms with Gasteiger partial charge in [0.1, 0.15) is 24.4 Å². The lowest BCUT2D eigenvalue weighted by Crippen LogP contribution is -2.71. The molecule has 12 nitrogen and oxygen atoms in total. The molecule has 1 fully saturated rings. The molecule has 0 unspecified atom stereocenters. The second-order valence-corrected chi connectivity index (χ2v) is 6.06. The SMILES string of the molecule is C[C@H](N[C@]1(CO)OC[C@@H](O)[C@@H](O)[C@@H]1O)C(=O)N[C@@H](CCC(=O)O)C(=O)O. The van der Waals surface area contributed by atoms with Crippen LogP contribution in [-0.2, 0) is 19.1 Å². The summed E-state index contributed by atoms with van der Waals surface area (Å²) >= 11 is 0. The third-order valence-electron chi connectivity index (χ3n) is 4.06. The van der Waals surface area contributed by atoms with E-state index >= 15 is 0 Å². The Morgan fingerprint density at radius 3 is 2.35 bits per heavy atom. The van der Waals surface area contributed by atoms with Crippen LogP contribution in [0.25, 0.3) is 0 Å². The summed E-state index contributed by atoms with van der Waals surface area (Å²) < 4.78 is 5.17. The van der Waals surface area contributed by atoms with Gasteiger partial charge in [0, 0.05) is 6.42 Å². The number of carboxylic acids is 2. The van der Waals surface area contributed by atoms with Crippen molar-refractivity contribution in [2.75, 3.05) is 13.2 Å². The highest BCUT2D eigenvalue weighted by Crippen LogP contribution is 2.24. The number of carbonyl (C=O) groups excluding carboxylic acids is 1. The smallest absolute Gasteiger partial charge is 0.326 e. The van der Waals surface area contributed by atoms with Crippen molar-refractivity contribution in [1.29, 1.82) is 0 Å². The second kappa shape index (κ2) is 9.21. The summed E-state index contributed by atoms with van der Waals surface area (Å²) in [5.41, 5.74) is -1.95. The molecule has 12 heteroatoms. The van der Waals surface area contributed by atoms with Crippen LogP contribution in [0.3, 0.4) is 0 Å². The third-order valence-corrected chi connectivity index (χ3v) is 4.06. The Labute approximate surface area is 148 Å². The number of aliphatic hydroxyl groups is 4. The van der Waals surface area contributed by atoms with E-state index in [0.29, 0.717) is 0 Å². The van der Waals surface area contributed by atoms with Crippen LogP contribution in [0.5, 0.6) is 0 Å². The maximum atomic E-state index is 12.2. The molecular formula is C14H24N2O10. The van der Waals surface area contributed by atoms with Crippen LogP contribution in [-0.4, -0.2) is 97.8 Å². The van der Waals surface area contributed by atoms with Crippen LogP contribution in [0.1, 0.15) is 19.8 Å². The zero-order valence-electron chi connectivity index (χ0n) is 14.0. The Morgan fingerprint density at radius 1 is 1.23 bits per heavy atom. The maximum Gasteiger partial charge on any atom is 0.326 e. The second-order valence-electron chi connectivity index (χ2n) is 6.06. The third kappa shape index (κ3) is 5.33. The number of ether oxygens (including phenoxy) is 1. The molecule has 26 heavy (non-hydrogen) atoms. The van der Waals surface area contributed by atoms with E-state index < -0.39 is 73.6 Å². The first-order valence-electron chi connectivity index (χ1n) is 7.85. The van der Waals surface area contributed by atoms with Gasteiger partial charge < -0.3 is 40.7 Å². The molecule has 0 aliphatic carbocycles. The lowest BCUT2D eigenvalue weighted by atomic mass is 9.94. The lowest BCUT2D eigenvalue weighted by Gasteiger charge is -2.45. The molecule has 1 saturated heterocycles. The summed E-state index contributed by atoms with van der Waals surface area (Å²) in [5.74, 6) is -3.50. The predicted octanol–water partition coefficient (Wildman–Crippen LogP) is -3.80. The van der Waals surface area contributed by atoms with Gasteiger partial charge in [0.25, 0.3) is 0 Å². The quantitative estimate of drug-likeness (QED) is 0.195. The molecule has 1 aliphatic heterocycles. The van der Waals surface area contributed by atoms with Crippen molar-refractivity contribution in [3.05, 3.63) is 0 Å². The number of aliphatic carboxylic acids is 2. The van der Waals surface area contributed by atoms with E-state index in [4.69, 9.17) is 14.9 Å². The molecule has 0 bridgehead atoms. The summed E-state index contributed by atoms with van der Waals surface area (Å²) in [6.07, 6.45) is -5.60. The summed E-state index contributed by atoms with van der Waals surface area (Å²) in [5, 5.41) is 61.1. The zero-order valence-corrected chi connectivity index (χ0v) is 14.0. The minimum absolute atomic E-state index is 0.335. The number of hydrogen-bond acceptors (Lipinski definition) is 9. The van der Waals surface area contributed by atoms with Crippen LogP contribution in [0, 0.1) is 0 Å². The molecular weight excluding hydrogens is 356 g/mol. The summed E-state index contributed by atoms with van der Waals surface area (Å²) in [7, 11) is 0. The normalized spacial score (nSPS) is 31.0. The van der Waals surface area contributed by atoms with Gasteiger partial charge in [0.05, 0.1) is 19.3 Å². The number of nitrogens with one attached hydrogen (secondary N) is 2. The Balaban J connectivity index is 2.77. The first-order chi connectivity index (χ1) is 12.0. The fourth-order valence-corrected chi connectivity index (χ4v) is 2.47. The van der Waals surface area contributed by atoms with Crippen molar-refractivity contribution in [1.82, 2.24) is 10.6 Å². The molecule has 1 amide bonds.